The highest BCUT2D eigenvalue weighted by Crippen LogP contribution is 2.23. The molecule has 0 unspecified atom stereocenters. The minimum absolute atomic E-state index is 0.224. The van der Waals surface area contributed by atoms with E-state index in [1.807, 2.05) is 6.26 Å². The summed E-state index contributed by atoms with van der Waals surface area (Å²) in [5.41, 5.74) is 1.13. The Morgan fingerprint density at radius 3 is 2.86 bits per heavy atom. The first-order valence-corrected chi connectivity index (χ1v) is 7.50. The van der Waals surface area contributed by atoms with Crippen LogP contribution < -0.4 is 0 Å². The third-order valence-electron chi connectivity index (χ3n) is 1.78. The largest absolute Gasteiger partial charge is 0.298 e. The number of halogens is 2. The molecule has 0 aliphatic carbocycles. The van der Waals surface area contributed by atoms with Gasteiger partial charge < -0.3 is 0 Å². The number of hydrogen-bond acceptors (Lipinski definition) is 2. The Kier molecular flexibility index (Phi) is 5.48. The highest BCUT2D eigenvalue weighted by atomic mass is 127. The van der Waals surface area contributed by atoms with Gasteiger partial charge in [0.05, 0.1) is 5.33 Å². The van der Waals surface area contributed by atoms with Crippen LogP contribution in [0.1, 0.15) is 5.56 Å². The molecule has 14 heavy (non-hydrogen) atoms. The maximum Gasteiger partial charge on any atom is 0.147 e. The molecule has 0 radical (unpaired) electrons. The van der Waals surface area contributed by atoms with Crippen LogP contribution in [0.4, 0.5) is 0 Å². The Morgan fingerprint density at radius 1 is 1.57 bits per heavy atom. The van der Waals surface area contributed by atoms with Gasteiger partial charge in [-0.3, -0.25) is 4.79 Å². The SMILES string of the molecule is CSc1ccc(I)cc1CC(=O)CBr. The van der Waals surface area contributed by atoms with Gasteiger partial charge in [0.2, 0.25) is 0 Å². The van der Waals surface area contributed by atoms with E-state index in [-0.39, 0.29) is 5.78 Å². The zero-order chi connectivity index (χ0) is 10.6. The van der Waals surface area contributed by atoms with Gasteiger partial charge >= 0.3 is 0 Å². The van der Waals surface area contributed by atoms with Crippen molar-refractivity contribution in [1.82, 2.24) is 0 Å². The van der Waals surface area contributed by atoms with Crippen molar-refractivity contribution in [2.24, 2.45) is 0 Å². The number of thioether (sulfide) groups is 1. The van der Waals surface area contributed by atoms with E-state index in [2.05, 4.69) is 56.7 Å². The predicted molar refractivity (Wildman–Crippen MR) is 73.4 cm³/mol. The van der Waals surface area contributed by atoms with Gasteiger partial charge in [-0.15, -0.1) is 11.8 Å². The summed E-state index contributed by atoms with van der Waals surface area (Å²) in [6, 6.07) is 6.21. The smallest absolute Gasteiger partial charge is 0.147 e. The zero-order valence-corrected chi connectivity index (χ0v) is 12.3. The van der Waals surface area contributed by atoms with Crippen LogP contribution in [-0.2, 0) is 11.2 Å². The number of rotatable bonds is 4. The van der Waals surface area contributed by atoms with E-state index < -0.39 is 0 Å². The Hall–Kier alpha value is 0.450. The third kappa shape index (κ3) is 3.55. The Labute approximate surface area is 110 Å². The quantitative estimate of drug-likeness (QED) is 0.449. The molecular weight excluding hydrogens is 375 g/mol. The molecular formula is C10H10BrIOS. The molecule has 0 atom stereocenters. The molecule has 0 heterocycles. The molecule has 0 aliphatic rings. The minimum Gasteiger partial charge on any atom is -0.298 e. The second kappa shape index (κ2) is 6.12. The van der Waals surface area contributed by atoms with E-state index in [9.17, 15) is 4.79 Å². The summed E-state index contributed by atoms with van der Waals surface area (Å²) in [7, 11) is 0. The van der Waals surface area contributed by atoms with Crippen LogP contribution in [0.25, 0.3) is 0 Å². The summed E-state index contributed by atoms with van der Waals surface area (Å²) in [5.74, 6) is 0.224. The maximum absolute atomic E-state index is 11.3. The van der Waals surface area contributed by atoms with Crippen molar-refractivity contribution in [3.8, 4) is 0 Å². The van der Waals surface area contributed by atoms with Gasteiger partial charge in [-0.2, -0.15) is 0 Å². The molecule has 0 aliphatic heterocycles. The lowest BCUT2D eigenvalue weighted by molar-refractivity contribution is -0.115. The first-order chi connectivity index (χ1) is 6.67. The fourth-order valence-electron chi connectivity index (χ4n) is 1.14. The number of benzene rings is 1. The first kappa shape index (κ1) is 12.5. The average molecular weight is 385 g/mol. The highest BCUT2D eigenvalue weighted by molar-refractivity contribution is 14.1. The summed E-state index contributed by atoms with van der Waals surface area (Å²) in [4.78, 5) is 12.5. The van der Waals surface area contributed by atoms with Crippen LogP contribution >= 0.6 is 50.3 Å². The van der Waals surface area contributed by atoms with E-state index >= 15 is 0 Å². The average Bonchev–Trinajstić information content (AvgIpc) is 2.18. The van der Waals surface area contributed by atoms with Gasteiger partial charge in [-0.25, -0.2) is 0 Å². The molecule has 0 fully saturated rings. The van der Waals surface area contributed by atoms with Crippen LogP contribution in [0.2, 0.25) is 0 Å². The van der Waals surface area contributed by atoms with E-state index in [1.165, 1.54) is 8.47 Å². The van der Waals surface area contributed by atoms with Crippen LogP contribution in [-0.4, -0.2) is 17.4 Å². The summed E-state index contributed by atoms with van der Waals surface area (Å²) in [6.07, 6.45) is 2.56. The van der Waals surface area contributed by atoms with Crippen molar-refractivity contribution < 1.29 is 4.79 Å². The van der Waals surface area contributed by atoms with Crippen LogP contribution in [0, 0.1) is 3.57 Å². The van der Waals surface area contributed by atoms with Crippen molar-refractivity contribution >= 4 is 56.1 Å². The molecule has 0 N–H and O–H groups in total. The monoisotopic (exact) mass is 384 g/mol. The Morgan fingerprint density at radius 2 is 2.29 bits per heavy atom. The standard InChI is InChI=1S/C10H10BrIOS/c1-14-10-3-2-8(12)4-7(10)5-9(13)6-11/h2-4H,5-6H2,1H3. The second-order valence-corrected chi connectivity index (χ2v) is 5.46. The normalized spacial score (nSPS) is 10.2. The van der Waals surface area contributed by atoms with Crippen LogP contribution in [0.15, 0.2) is 23.1 Å². The third-order valence-corrected chi connectivity index (χ3v) is 3.91. The number of carbonyl (C=O) groups is 1. The van der Waals surface area contributed by atoms with Gasteiger partial charge in [0.25, 0.3) is 0 Å². The molecule has 1 rings (SSSR count). The number of alkyl halides is 1. The number of ketones is 1. The van der Waals surface area contributed by atoms with Crippen molar-refractivity contribution in [1.29, 1.82) is 0 Å². The van der Waals surface area contributed by atoms with Gasteiger partial charge in [-0.1, -0.05) is 15.9 Å². The van der Waals surface area contributed by atoms with Crippen molar-refractivity contribution in [3.05, 3.63) is 27.3 Å². The Balaban J connectivity index is 2.93. The molecule has 1 aromatic carbocycles. The molecule has 1 nitrogen and oxygen atoms in total. The second-order valence-electron chi connectivity index (χ2n) is 2.81. The topological polar surface area (TPSA) is 17.1 Å². The fourth-order valence-corrected chi connectivity index (χ4v) is 2.50. The molecule has 0 bridgehead atoms. The first-order valence-electron chi connectivity index (χ1n) is 4.07. The van der Waals surface area contributed by atoms with Gasteiger partial charge in [-0.05, 0) is 52.6 Å². The number of Topliss-reactive ketones (excluding diaryl/α,β-unsaturated/α-hetero) is 1. The minimum atomic E-state index is 0.224. The molecule has 0 spiro atoms. The lowest BCUT2D eigenvalue weighted by atomic mass is 10.1. The van der Waals surface area contributed by atoms with E-state index in [4.69, 9.17) is 0 Å². The summed E-state index contributed by atoms with van der Waals surface area (Å²) < 4.78 is 1.18. The molecule has 4 heteroatoms. The van der Waals surface area contributed by atoms with E-state index in [0.29, 0.717) is 11.8 Å². The van der Waals surface area contributed by atoms with Crippen molar-refractivity contribution in [2.45, 2.75) is 11.3 Å². The number of carbonyl (C=O) groups excluding carboxylic acids is 1. The van der Waals surface area contributed by atoms with Gasteiger partial charge in [0.15, 0.2) is 0 Å². The number of hydrogen-bond donors (Lipinski definition) is 0. The zero-order valence-electron chi connectivity index (χ0n) is 7.72. The fraction of sp³-hybridized carbons (Fsp3) is 0.300. The Bertz CT molecular complexity index is 341. The van der Waals surface area contributed by atoms with Gasteiger partial charge in [0, 0.05) is 14.9 Å². The molecule has 76 valence electrons. The summed E-state index contributed by atoms with van der Waals surface area (Å²) in [5, 5.41) is 0.437. The van der Waals surface area contributed by atoms with Crippen molar-refractivity contribution in [3.63, 3.8) is 0 Å². The molecule has 0 saturated carbocycles. The molecule has 0 saturated heterocycles. The highest BCUT2D eigenvalue weighted by Gasteiger charge is 2.06. The molecule has 1 aromatic rings. The maximum atomic E-state index is 11.3. The predicted octanol–water partition coefficient (Wildman–Crippen LogP) is 3.52. The summed E-state index contributed by atoms with van der Waals surface area (Å²) in [6.45, 7) is 0. The summed E-state index contributed by atoms with van der Waals surface area (Å²) >= 11 is 7.13. The van der Waals surface area contributed by atoms with Crippen LogP contribution in [0.5, 0.6) is 0 Å². The molecule has 0 aromatic heterocycles. The van der Waals surface area contributed by atoms with Crippen molar-refractivity contribution in [2.75, 3.05) is 11.6 Å². The molecule has 0 amide bonds. The lowest BCUT2D eigenvalue weighted by Gasteiger charge is -2.06. The van der Waals surface area contributed by atoms with Crippen LogP contribution in [0.3, 0.4) is 0 Å². The van der Waals surface area contributed by atoms with E-state index in [1.54, 1.807) is 11.8 Å². The van der Waals surface area contributed by atoms with Gasteiger partial charge in [0.1, 0.15) is 5.78 Å². The van der Waals surface area contributed by atoms with E-state index in [0.717, 1.165) is 5.56 Å². The lowest BCUT2D eigenvalue weighted by Crippen LogP contribution is -2.04.